The van der Waals surface area contributed by atoms with Crippen molar-refractivity contribution in [3.05, 3.63) is 42.4 Å². The largest absolute Gasteiger partial charge is 0.379 e. The van der Waals surface area contributed by atoms with Crippen LogP contribution in [0.2, 0.25) is 0 Å². The quantitative estimate of drug-likeness (QED) is 0.454. The van der Waals surface area contributed by atoms with Crippen molar-refractivity contribution in [1.82, 2.24) is 29.5 Å². The van der Waals surface area contributed by atoms with Crippen molar-refractivity contribution >= 4 is 17.4 Å². The molecule has 1 saturated heterocycles. The van der Waals surface area contributed by atoms with Crippen molar-refractivity contribution in [1.29, 1.82) is 0 Å². The first-order chi connectivity index (χ1) is 16.7. The van der Waals surface area contributed by atoms with Gasteiger partial charge in [0.1, 0.15) is 17.2 Å². The first kappa shape index (κ1) is 21.1. The molecule has 176 valence electrons. The maximum atomic E-state index is 13.1. The second-order valence-electron chi connectivity index (χ2n) is 8.84. The lowest BCUT2D eigenvalue weighted by atomic mass is 9.89. The average molecular weight is 462 g/mol. The topological polar surface area (TPSA) is 108 Å². The Balaban J connectivity index is 1.39. The number of carbonyl (C=O) groups excluding carboxylic acids is 1. The summed E-state index contributed by atoms with van der Waals surface area (Å²) in [5.41, 5.74) is 3.58. The molecule has 0 bridgehead atoms. The highest BCUT2D eigenvalue weighted by molar-refractivity contribution is 6.00. The van der Waals surface area contributed by atoms with Gasteiger partial charge in [-0.3, -0.25) is 4.79 Å². The number of fused-ring (bicyclic) bond motifs is 2. The molecule has 2 aromatic heterocycles. The molecule has 3 atom stereocenters. The molecular formula is C24H27N7O3. The van der Waals surface area contributed by atoms with Crippen LogP contribution in [0.3, 0.4) is 0 Å². The van der Waals surface area contributed by atoms with Gasteiger partial charge in [0, 0.05) is 50.4 Å². The molecule has 1 amide bonds. The highest BCUT2D eigenvalue weighted by Gasteiger charge is 2.33. The molecular weight excluding hydrogens is 434 g/mol. The van der Waals surface area contributed by atoms with E-state index in [1.165, 1.54) is 0 Å². The van der Waals surface area contributed by atoms with Crippen LogP contribution in [-0.2, 0) is 9.47 Å². The molecule has 3 unspecified atom stereocenters. The Morgan fingerprint density at radius 2 is 2.15 bits per heavy atom. The van der Waals surface area contributed by atoms with E-state index in [1.54, 1.807) is 17.8 Å². The Bertz CT molecular complexity index is 1320. The molecule has 0 radical (unpaired) electrons. The van der Waals surface area contributed by atoms with Gasteiger partial charge < -0.3 is 24.7 Å². The van der Waals surface area contributed by atoms with E-state index in [-0.39, 0.29) is 24.1 Å². The van der Waals surface area contributed by atoms with Crippen LogP contribution < -0.4 is 10.6 Å². The number of ether oxygens (including phenoxy) is 2. The summed E-state index contributed by atoms with van der Waals surface area (Å²) in [7, 11) is 3.50. The van der Waals surface area contributed by atoms with E-state index in [4.69, 9.17) is 19.4 Å². The van der Waals surface area contributed by atoms with Crippen molar-refractivity contribution in [2.45, 2.75) is 37.5 Å². The van der Waals surface area contributed by atoms with E-state index in [2.05, 4.69) is 32.6 Å². The van der Waals surface area contributed by atoms with Crippen LogP contribution in [0.4, 0.5) is 5.82 Å². The zero-order valence-electron chi connectivity index (χ0n) is 19.2. The zero-order chi connectivity index (χ0) is 23.2. The van der Waals surface area contributed by atoms with Gasteiger partial charge in [0.15, 0.2) is 5.65 Å². The van der Waals surface area contributed by atoms with Gasteiger partial charge in [-0.25, -0.2) is 9.97 Å². The molecule has 34 heavy (non-hydrogen) atoms. The predicted molar refractivity (Wildman–Crippen MR) is 126 cm³/mol. The Morgan fingerprint density at radius 3 is 2.88 bits per heavy atom. The number of nitrogens with zero attached hydrogens (tertiary/aromatic N) is 5. The lowest BCUT2D eigenvalue weighted by molar-refractivity contribution is 0.00732. The normalized spacial score (nSPS) is 22.2. The molecule has 4 aliphatic rings. The van der Waals surface area contributed by atoms with Crippen molar-refractivity contribution < 1.29 is 14.3 Å². The average Bonchev–Trinajstić information content (AvgIpc) is 3.60. The van der Waals surface area contributed by atoms with Gasteiger partial charge in [0.05, 0.1) is 36.7 Å². The van der Waals surface area contributed by atoms with Crippen molar-refractivity contribution in [3.63, 3.8) is 0 Å². The summed E-state index contributed by atoms with van der Waals surface area (Å²) in [4.78, 5) is 22.7. The number of hydrogen-bond donors (Lipinski definition) is 2. The minimum absolute atomic E-state index is 0.0117. The number of nitrogens with one attached hydrogen (secondary N) is 2. The Morgan fingerprint density at radius 1 is 1.24 bits per heavy atom. The fourth-order valence-corrected chi connectivity index (χ4v) is 4.90. The van der Waals surface area contributed by atoms with Crippen LogP contribution >= 0.6 is 0 Å². The van der Waals surface area contributed by atoms with Gasteiger partial charge in [-0.1, -0.05) is 0 Å². The summed E-state index contributed by atoms with van der Waals surface area (Å²) in [6.45, 7) is 1.46. The molecule has 0 spiro atoms. The van der Waals surface area contributed by atoms with E-state index in [0.29, 0.717) is 17.8 Å². The van der Waals surface area contributed by atoms with Crippen LogP contribution in [0.5, 0.6) is 0 Å². The number of carbonyl (C=O) groups is 1. The number of pyridine rings is 1. The Labute approximate surface area is 196 Å². The van der Waals surface area contributed by atoms with Gasteiger partial charge in [-0.05, 0) is 31.4 Å². The second-order valence-corrected chi connectivity index (χ2v) is 8.84. The number of anilines is 1. The molecule has 2 fully saturated rings. The van der Waals surface area contributed by atoms with E-state index >= 15 is 0 Å². The van der Waals surface area contributed by atoms with Gasteiger partial charge in [-0.2, -0.15) is 9.61 Å². The van der Waals surface area contributed by atoms with Crippen LogP contribution in [0.25, 0.3) is 28.3 Å². The smallest absolute Gasteiger partial charge is 0.257 e. The fraction of sp³-hybridized carbons (Fsp3) is 0.417. The van der Waals surface area contributed by atoms with Crippen LogP contribution in [-0.4, -0.2) is 69.6 Å². The minimum atomic E-state index is -0.196. The molecule has 2 N–H and O–H groups in total. The van der Waals surface area contributed by atoms with Crippen molar-refractivity contribution in [2.75, 3.05) is 32.7 Å². The van der Waals surface area contributed by atoms with E-state index in [1.807, 2.05) is 25.4 Å². The SMILES string of the molecule is CNc1cc(-c2cnc3n(C4CCOC4)cccc2-3)nc2c(C(=O)NC3CCC3OC)cnn12. The Hall–Kier alpha value is -3.50. The minimum Gasteiger partial charge on any atom is -0.379 e. The van der Waals surface area contributed by atoms with Crippen molar-refractivity contribution in [2.24, 2.45) is 0 Å². The zero-order valence-corrected chi connectivity index (χ0v) is 19.2. The molecule has 10 nitrogen and oxygen atoms in total. The number of rotatable bonds is 6. The maximum Gasteiger partial charge on any atom is 0.257 e. The number of hydrogen-bond acceptors (Lipinski definition) is 7. The first-order valence-corrected chi connectivity index (χ1v) is 11.6. The molecule has 5 heterocycles. The van der Waals surface area contributed by atoms with E-state index in [0.717, 1.165) is 54.3 Å². The summed E-state index contributed by atoms with van der Waals surface area (Å²) in [5, 5.41) is 10.7. The van der Waals surface area contributed by atoms with Gasteiger partial charge in [0.2, 0.25) is 0 Å². The third kappa shape index (κ3) is 3.33. The van der Waals surface area contributed by atoms with Crippen molar-refractivity contribution in [3.8, 4) is 22.6 Å². The highest BCUT2D eigenvalue weighted by atomic mass is 16.5. The third-order valence-corrected chi connectivity index (χ3v) is 6.98. The number of aromatic nitrogens is 5. The maximum absolute atomic E-state index is 13.1. The lowest BCUT2D eigenvalue weighted by Crippen LogP contribution is -2.51. The van der Waals surface area contributed by atoms with Crippen LogP contribution in [0.15, 0.2) is 36.8 Å². The molecule has 6 rings (SSSR count). The number of methoxy groups -OCH3 is 1. The van der Waals surface area contributed by atoms with E-state index in [9.17, 15) is 4.79 Å². The summed E-state index contributed by atoms with van der Waals surface area (Å²) < 4.78 is 14.8. The Kier molecular flexibility index (Phi) is 5.19. The highest BCUT2D eigenvalue weighted by Crippen LogP contribution is 2.36. The monoisotopic (exact) mass is 461 g/mol. The first-order valence-electron chi connectivity index (χ1n) is 11.6. The third-order valence-electron chi connectivity index (χ3n) is 6.98. The summed E-state index contributed by atoms with van der Waals surface area (Å²) in [6.07, 6.45) is 8.36. The van der Waals surface area contributed by atoms with Crippen LogP contribution in [0.1, 0.15) is 35.7 Å². The van der Waals surface area contributed by atoms with Gasteiger partial charge >= 0.3 is 0 Å². The summed E-state index contributed by atoms with van der Waals surface area (Å²) in [6, 6.07) is 6.31. The molecule has 1 saturated carbocycles. The summed E-state index contributed by atoms with van der Waals surface area (Å²) >= 11 is 0. The van der Waals surface area contributed by atoms with Gasteiger partial charge in [0.25, 0.3) is 5.91 Å². The lowest BCUT2D eigenvalue weighted by Gasteiger charge is -2.35. The summed E-state index contributed by atoms with van der Waals surface area (Å²) in [5.74, 6) is 1.44. The van der Waals surface area contributed by atoms with Gasteiger partial charge in [-0.15, -0.1) is 0 Å². The van der Waals surface area contributed by atoms with Crippen LogP contribution in [0, 0.1) is 0 Å². The molecule has 1 aliphatic carbocycles. The van der Waals surface area contributed by atoms with E-state index < -0.39 is 0 Å². The molecule has 3 aliphatic heterocycles. The fourth-order valence-electron chi connectivity index (χ4n) is 4.90. The standard InChI is InChI=1S/C24H27N7O3/c1-25-21-10-19(16-11-26-22-15(16)4-3-8-30(22)14-7-9-34-13-14)28-23-17(12-27-31(21)23)24(32)29-18-5-6-20(18)33-2/h3-4,8,10-12,14,18,20,25H,5-7,9,13H2,1-2H3,(H,29,32). The molecule has 0 aromatic carbocycles. The molecule has 10 heteroatoms. The number of amides is 1. The predicted octanol–water partition coefficient (Wildman–Crippen LogP) is 2.61. The molecule has 2 aromatic rings. The second kappa shape index (κ2) is 8.37.